The summed E-state index contributed by atoms with van der Waals surface area (Å²) in [4.78, 5) is 3.91. The van der Waals surface area contributed by atoms with E-state index in [9.17, 15) is 4.39 Å². The lowest BCUT2D eigenvalue weighted by atomic mass is 10.1. The Bertz CT molecular complexity index is 630. The quantitative estimate of drug-likeness (QED) is 0.767. The van der Waals surface area contributed by atoms with Crippen LogP contribution in [-0.4, -0.2) is 4.98 Å². The summed E-state index contributed by atoms with van der Waals surface area (Å²) in [6.07, 6.45) is 3.11. The summed E-state index contributed by atoms with van der Waals surface area (Å²) >= 11 is 6.10. The van der Waals surface area contributed by atoms with Crippen LogP contribution < -0.4 is 0 Å². The van der Waals surface area contributed by atoms with Crippen LogP contribution in [0.1, 0.15) is 11.1 Å². The van der Waals surface area contributed by atoms with Crippen LogP contribution in [-0.2, 0) is 0 Å². The van der Waals surface area contributed by atoms with Crippen molar-refractivity contribution in [3.8, 4) is 6.07 Å². The maximum Gasteiger partial charge on any atom is 0.131 e. The first-order valence-corrected chi connectivity index (χ1v) is 5.57. The summed E-state index contributed by atoms with van der Waals surface area (Å²) in [5, 5.41) is 9.25. The fourth-order valence-corrected chi connectivity index (χ4v) is 1.83. The molecule has 0 spiro atoms. The number of allylic oxidation sites excluding steroid dienone is 1. The zero-order valence-electron chi connectivity index (χ0n) is 9.27. The highest BCUT2D eigenvalue weighted by atomic mass is 35.5. The van der Waals surface area contributed by atoms with E-state index in [0.717, 1.165) is 0 Å². The van der Waals surface area contributed by atoms with Crippen LogP contribution in [0.25, 0.3) is 10.6 Å². The maximum absolute atomic E-state index is 13.6. The molecule has 0 unspecified atom stereocenters. The first kappa shape index (κ1) is 12.3. The van der Waals surface area contributed by atoms with Gasteiger partial charge < -0.3 is 0 Å². The Morgan fingerprint density at radius 1 is 1.22 bits per heavy atom. The van der Waals surface area contributed by atoms with E-state index in [1.54, 1.807) is 30.5 Å². The highest BCUT2D eigenvalue weighted by Crippen LogP contribution is 2.30. The highest BCUT2D eigenvalue weighted by molar-refractivity contribution is 6.53. The lowest BCUT2D eigenvalue weighted by molar-refractivity contribution is 0.625. The molecule has 18 heavy (non-hydrogen) atoms. The molecule has 4 heteroatoms. The van der Waals surface area contributed by atoms with Gasteiger partial charge in [-0.2, -0.15) is 5.26 Å². The fraction of sp³-hybridized carbons (Fsp3) is 0. The van der Waals surface area contributed by atoms with E-state index in [0.29, 0.717) is 5.56 Å². The molecule has 0 radical (unpaired) electrons. The first-order valence-electron chi connectivity index (χ1n) is 5.19. The summed E-state index contributed by atoms with van der Waals surface area (Å²) in [7, 11) is 0. The molecule has 2 nitrogen and oxygen atoms in total. The SMILES string of the molecule is N#C/C(=C(\Cl)c1ccccc1F)c1cccnc1. The van der Waals surface area contributed by atoms with E-state index in [2.05, 4.69) is 4.98 Å². The van der Waals surface area contributed by atoms with Crippen LogP contribution in [0.4, 0.5) is 4.39 Å². The molecule has 1 aromatic heterocycles. The van der Waals surface area contributed by atoms with Crippen LogP contribution in [0.3, 0.4) is 0 Å². The van der Waals surface area contributed by atoms with Crippen molar-refractivity contribution in [2.24, 2.45) is 0 Å². The smallest absolute Gasteiger partial charge is 0.131 e. The summed E-state index contributed by atoms with van der Waals surface area (Å²) < 4.78 is 13.6. The van der Waals surface area contributed by atoms with Gasteiger partial charge >= 0.3 is 0 Å². The van der Waals surface area contributed by atoms with Gasteiger partial charge in [0, 0.05) is 23.5 Å². The third-order valence-corrected chi connectivity index (χ3v) is 2.78. The molecule has 0 bridgehead atoms. The third kappa shape index (κ3) is 2.39. The monoisotopic (exact) mass is 258 g/mol. The summed E-state index contributed by atoms with van der Waals surface area (Å²) in [5.74, 6) is -0.459. The minimum absolute atomic E-state index is 0.0867. The van der Waals surface area contributed by atoms with Crippen molar-refractivity contribution in [3.63, 3.8) is 0 Å². The van der Waals surface area contributed by atoms with Crippen molar-refractivity contribution in [2.45, 2.75) is 0 Å². The van der Waals surface area contributed by atoms with Crippen molar-refractivity contribution in [3.05, 3.63) is 65.7 Å². The van der Waals surface area contributed by atoms with Gasteiger partial charge in [0.1, 0.15) is 11.9 Å². The zero-order valence-corrected chi connectivity index (χ0v) is 10.0. The second-order valence-electron chi connectivity index (χ2n) is 3.52. The summed E-state index contributed by atoms with van der Waals surface area (Å²) in [6.45, 7) is 0. The van der Waals surface area contributed by atoms with Crippen molar-refractivity contribution >= 4 is 22.2 Å². The number of benzene rings is 1. The normalized spacial score (nSPS) is 11.6. The van der Waals surface area contributed by atoms with Gasteiger partial charge in [0.15, 0.2) is 0 Å². The topological polar surface area (TPSA) is 36.7 Å². The maximum atomic E-state index is 13.6. The molecule has 0 saturated heterocycles. The van der Waals surface area contributed by atoms with Crippen molar-refractivity contribution < 1.29 is 4.39 Å². The molecule has 88 valence electrons. The number of aromatic nitrogens is 1. The molecule has 2 rings (SSSR count). The van der Waals surface area contributed by atoms with Crippen LogP contribution in [0.15, 0.2) is 48.8 Å². The first-order chi connectivity index (χ1) is 8.74. The molecule has 2 aromatic rings. The number of nitriles is 1. The van der Waals surface area contributed by atoms with Gasteiger partial charge in [-0.1, -0.05) is 35.9 Å². The highest BCUT2D eigenvalue weighted by Gasteiger charge is 2.12. The molecule has 0 aliphatic heterocycles. The Morgan fingerprint density at radius 3 is 2.61 bits per heavy atom. The molecule has 1 aromatic carbocycles. The lowest BCUT2D eigenvalue weighted by Crippen LogP contribution is -1.90. The van der Waals surface area contributed by atoms with Crippen LogP contribution >= 0.6 is 11.6 Å². The molecule has 1 heterocycles. The number of rotatable bonds is 2. The number of hydrogen-bond acceptors (Lipinski definition) is 2. The van der Waals surface area contributed by atoms with Crippen molar-refractivity contribution in [1.82, 2.24) is 4.98 Å². The van der Waals surface area contributed by atoms with Gasteiger partial charge in [-0.15, -0.1) is 0 Å². The zero-order chi connectivity index (χ0) is 13.0. The van der Waals surface area contributed by atoms with Crippen LogP contribution in [0.5, 0.6) is 0 Å². The molecule has 0 atom stereocenters. The van der Waals surface area contributed by atoms with E-state index in [1.165, 1.54) is 18.3 Å². The number of nitrogens with zero attached hydrogens (tertiary/aromatic N) is 2. The van der Waals surface area contributed by atoms with Crippen molar-refractivity contribution in [2.75, 3.05) is 0 Å². The Kier molecular flexibility index (Phi) is 3.71. The Balaban J connectivity index is 2.59. The van der Waals surface area contributed by atoms with Crippen LogP contribution in [0.2, 0.25) is 0 Å². The number of halogens is 2. The predicted molar refractivity (Wildman–Crippen MR) is 68.9 cm³/mol. The fourth-order valence-electron chi connectivity index (χ4n) is 1.52. The average Bonchev–Trinajstić information content (AvgIpc) is 2.41. The van der Waals surface area contributed by atoms with Gasteiger partial charge in [0.05, 0.1) is 10.6 Å². The Labute approximate surface area is 109 Å². The standard InChI is InChI=1S/C14H8ClFN2/c15-14(11-5-1-2-6-13(11)16)12(8-17)10-4-3-7-18-9-10/h1-7,9H/b14-12+. The second-order valence-corrected chi connectivity index (χ2v) is 3.90. The van der Waals surface area contributed by atoms with Crippen molar-refractivity contribution in [1.29, 1.82) is 5.26 Å². The van der Waals surface area contributed by atoms with Gasteiger partial charge in [0.25, 0.3) is 0 Å². The van der Waals surface area contributed by atoms with Crippen LogP contribution in [0, 0.1) is 17.1 Å². The summed E-state index contributed by atoms with van der Waals surface area (Å²) in [6, 6.07) is 11.4. The average molecular weight is 259 g/mol. The minimum Gasteiger partial charge on any atom is -0.264 e. The van der Waals surface area contributed by atoms with Gasteiger partial charge in [0.2, 0.25) is 0 Å². The number of hydrogen-bond donors (Lipinski definition) is 0. The van der Waals surface area contributed by atoms with E-state index in [1.807, 2.05) is 6.07 Å². The predicted octanol–water partition coefficient (Wildman–Crippen LogP) is 3.85. The van der Waals surface area contributed by atoms with E-state index in [-0.39, 0.29) is 16.2 Å². The minimum atomic E-state index is -0.459. The van der Waals surface area contributed by atoms with Gasteiger partial charge in [-0.25, -0.2) is 4.39 Å². The molecule has 0 N–H and O–H groups in total. The van der Waals surface area contributed by atoms with Gasteiger partial charge in [-0.05, 0) is 12.1 Å². The van der Waals surface area contributed by atoms with Gasteiger partial charge in [-0.3, -0.25) is 4.98 Å². The van der Waals surface area contributed by atoms with E-state index in [4.69, 9.17) is 16.9 Å². The molecule has 0 aliphatic carbocycles. The second kappa shape index (κ2) is 5.44. The lowest BCUT2D eigenvalue weighted by Gasteiger charge is -2.05. The molecule has 0 saturated carbocycles. The van der Waals surface area contributed by atoms with E-state index >= 15 is 0 Å². The summed E-state index contributed by atoms with van der Waals surface area (Å²) in [5.41, 5.74) is 0.975. The molecular formula is C14H8ClFN2. The largest absolute Gasteiger partial charge is 0.264 e. The number of pyridine rings is 1. The molecule has 0 amide bonds. The Morgan fingerprint density at radius 2 is 2.00 bits per heavy atom. The third-order valence-electron chi connectivity index (χ3n) is 2.39. The molecule has 0 fully saturated rings. The molecule has 0 aliphatic rings. The molecular weight excluding hydrogens is 251 g/mol. The Hall–Kier alpha value is -2.18. The van der Waals surface area contributed by atoms with E-state index < -0.39 is 5.82 Å².